The minimum atomic E-state index is -0.559. The van der Waals surface area contributed by atoms with Gasteiger partial charge in [0.15, 0.2) is 0 Å². The van der Waals surface area contributed by atoms with Crippen LogP contribution in [0, 0.1) is 5.82 Å². The van der Waals surface area contributed by atoms with Gasteiger partial charge in [0.25, 0.3) is 0 Å². The average molecular weight is 298 g/mol. The molecule has 0 radical (unpaired) electrons. The van der Waals surface area contributed by atoms with Gasteiger partial charge in [-0.1, -0.05) is 17.7 Å². The van der Waals surface area contributed by atoms with Gasteiger partial charge in [-0.3, -0.25) is 0 Å². The molecular formula is C13H13ClFN3O2. The number of esters is 1. The molecule has 0 aliphatic rings. The van der Waals surface area contributed by atoms with Crippen LogP contribution < -0.4 is 5.73 Å². The van der Waals surface area contributed by atoms with E-state index < -0.39 is 11.8 Å². The van der Waals surface area contributed by atoms with Crippen molar-refractivity contribution in [2.75, 3.05) is 12.3 Å². The van der Waals surface area contributed by atoms with Gasteiger partial charge in [-0.15, -0.1) is 0 Å². The van der Waals surface area contributed by atoms with Crippen LogP contribution in [0.5, 0.6) is 0 Å². The number of aromatic nitrogens is 2. The van der Waals surface area contributed by atoms with E-state index in [1.54, 1.807) is 13.0 Å². The number of rotatable bonds is 4. The molecule has 2 rings (SSSR count). The third-order valence-electron chi connectivity index (χ3n) is 2.75. The SMILES string of the molecule is CCOC(=O)c1cnn(Cc2c(F)cccc2Cl)c1N. The molecule has 0 aliphatic carbocycles. The highest BCUT2D eigenvalue weighted by atomic mass is 35.5. The van der Waals surface area contributed by atoms with Crippen molar-refractivity contribution in [3.05, 3.63) is 46.4 Å². The van der Waals surface area contributed by atoms with E-state index in [2.05, 4.69) is 5.10 Å². The van der Waals surface area contributed by atoms with Crippen LogP contribution in [0.1, 0.15) is 22.8 Å². The van der Waals surface area contributed by atoms with Gasteiger partial charge in [0, 0.05) is 10.6 Å². The third-order valence-corrected chi connectivity index (χ3v) is 3.10. The van der Waals surface area contributed by atoms with Crippen LogP contribution in [0.15, 0.2) is 24.4 Å². The van der Waals surface area contributed by atoms with Crippen molar-refractivity contribution in [1.29, 1.82) is 0 Å². The summed E-state index contributed by atoms with van der Waals surface area (Å²) in [5.41, 5.74) is 6.23. The highest BCUT2D eigenvalue weighted by Crippen LogP contribution is 2.22. The number of carbonyl (C=O) groups excluding carboxylic acids is 1. The van der Waals surface area contributed by atoms with E-state index in [1.807, 2.05) is 0 Å². The van der Waals surface area contributed by atoms with Crippen molar-refractivity contribution in [2.45, 2.75) is 13.5 Å². The molecule has 20 heavy (non-hydrogen) atoms. The van der Waals surface area contributed by atoms with E-state index in [4.69, 9.17) is 22.1 Å². The first-order valence-electron chi connectivity index (χ1n) is 5.95. The third kappa shape index (κ3) is 2.75. The minimum absolute atomic E-state index is 0.0384. The van der Waals surface area contributed by atoms with E-state index in [1.165, 1.54) is 23.0 Å². The Morgan fingerprint density at radius 2 is 2.30 bits per heavy atom. The number of ether oxygens (including phenoxy) is 1. The van der Waals surface area contributed by atoms with Gasteiger partial charge in [-0.05, 0) is 19.1 Å². The summed E-state index contributed by atoms with van der Waals surface area (Å²) in [6, 6.07) is 4.39. The van der Waals surface area contributed by atoms with E-state index in [-0.39, 0.29) is 35.1 Å². The minimum Gasteiger partial charge on any atom is -0.462 e. The second kappa shape index (κ2) is 5.92. The molecule has 0 saturated heterocycles. The van der Waals surface area contributed by atoms with Crippen LogP contribution in [0.3, 0.4) is 0 Å². The lowest BCUT2D eigenvalue weighted by Gasteiger charge is -2.08. The Balaban J connectivity index is 2.29. The standard InChI is InChI=1S/C13H13ClFN3O2/c1-2-20-13(19)8-6-17-18(12(8)16)7-9-10(14)4-3-5-11(9)15/h3-6H,2,7,16H2,1H3. The molecular weight excluding hydrogens is 285 g/mol. The molecule has 0 atom stereocenters. The zero-order valence-corrected chi connectivity index (χ0v) is 11.5. The molecule has 2 aromatic rings. The molecule has 7 heteroatoms. The van der Waals surface area contributed by atoms with Crippen LogP contribution in [0.2, 0.25) is 5.02 Å². The summed E-state index contributed by atoms with van der Waals surface area (Å²) in [5, 5.41) is 4.24. The van der Waals surface area contributed by atoms with Crippen molar-refractivity contribution < 1.29 is 13.9 Å². The van der Waals surface area contributed by atoms with Gasteiger partial charge in [-0.25, -0.2) is 13.9 Å². The molecule has 1 heterocycles. The maximum Gasteiger partial charge on any atom is 0.343 e. The maximum atomic E-state index is 13.7. The fraction of sp³-hybridized carbons (Fsp3) is 0.231. The molecule has 0 aliphatic heterocycles. The molecule has 0 unspecified atom stereocenters. The number of carbonyl (C=O) groups is 1. The summed E-state index contributed by atoms with van der Waals surface area (Å²) in [4.78, 5) is 11.6. The molecule has 1 aromatic heterocycles. The predicted octanol–water partition coefficient (Wildman–Crippen LogP) is 2.48. The largest absolute Gasteiger partial charge is 0.462 e. The lowest BCUT2D eigenvalue weighted by Crippen LogP contribution is -2.11. The Morgan fingerprint density at radius 3 is 2.95 bits per heavy atom. The number of nitrogens with zero attached hydrogens (tertiary/aromatic N) is 2. The molecule has 0 spiro atoms. The van der Waals surface area contributed by atoms with Gasteiger partial charge >= 0.3 is 5.97 Å². The lowest BCUT2D eigenvalue weighted by molar-refractivity contribution is 0.0527. The van der Waals surface area contributed by atoms with Gasteiger partial charge in [0.05, 0.1) is 19.3 Å². The summed E-state index contributed by atoms with van der Waals surface area (Å²) < 4.78 is 19.8. The molecule has 0 saturated carbocycles. The fourth-order valence-electron chi connectivity index (χ4n) is 1.72. The smallest absolute Gasteiger partial charge is 0.343 e. The van der Waals surface area contributed by atoms with E-state index in [9.17, 15) is 9.18 Å². The van der Waals surface area contributed by atoms with Crippen molar-refractivity contribution in [3.63, 3.8) is 0 Å². The van der Waals surface area contributed by atoms with E-state index >= 15 is 0 Å². The quantitative estimate of drug-likeness (QED) is 0.880. The number of benzene rings is 1. The maximum absolute atomic E-state index is 13.7. The van der Waals surface area contributed by atoms with Crippen molar-refractivity contribution in [3.8, 4) is 0 Å². The second-order valence-corrected chi connectivity index (χ2v) is 4.43. The molecule has 0 bridgehead atoms. The molecule has 5 nitrogen and oxygen atoms in total. The summed E-state index contributed by atoms with van der Waals surface area (Å²) in [5.74, 6) is -0.899. The Labute approximate surface area is 120 Å². The van der Waals surface area contributed by atoms with Crippen LogP contribution in [-0.4, -0.2) is 22.4 Å². The van der Waals surface area contributed by atoms with Crippen LogP contribution in [0.25, 0.3) is 0 Å². The molecule has 2 N–H and O–H groups in total. The zero-order chi connectivity index (χ0) is 14.7. The molecule has 0 amide bonds. The first-order chi connectivity index (χ1) is 9.54. The summed E-state index contributed by atoms with van der Waals surface area (Å²) in [6.45, 7) is 1.97. The van der Waals surface area contributed by atoms with E-state index in [0.29, 0.717) is 0 Å². The lowest BCUT2D eigenvalue weighted by atomic mass is 10.2. The monoisotopic (exact) mass is 297 g/mol. The molecule has 1 aromatic carbocycles. The number of hydrogen-bond donors (Lipinski definition) is 1. The normalized spacial score (nSPS) is 10.6. The van der Waals surface area contributed by atoms with Gasteiger partial charge in [0.1, 0.15) is 17.2 Å². The van der Waals surface area contributed by atoms with Crippen LogP contribution >= 0.6 is 11.6 Å². The Kier molecular flexibility index (Phi) is 4.24. The Morgan fingerprint density at radius 1 is 1.55 bits per heavy atom. The zero-order valence-electron chi connectivity index (χ0n) is 10.8. The Bertz CT molecular complexity index is 622. The predicted molar refractivity (Wildman–Crippen MR) is 73.1 cm³/mol. The highest BCUT2D eigenvalue weighted by Gasteiger charge is 2.17. The number of nitrogens with two attached hydrogens (primary N) is 1. The summed E-state index contributed by atoms with van der Waals surface area (Å²) >= 11 is 5.94. The van der Waals surface area contributed by atoms with Gasteiger partial charge < -0.3 is 10.5 Å². The van der Waals surface area contributed by atoms with Crippen LogP contribution in [-0.2, 0) is 11.3 Å². The number of halogens is 2. The fourth-order valence-corrected chi connectivity index (χ4v) is 1.94. The molecule has 0 fully saturated rings. The van der Waals surface area contributed by atoms with Crippen LogP contribution in [0.4, 0.5) is 10.2 Å². The second-order valence-electron chi connectivity index (χ2n) is 4.02. The van der Waals surface area contributed by atoms with Gasteiger partial charge in [-0.2, -0.15) is 5.10 Å². The summed E-state index contributed by atoms with van der Waals surface area (Å²) in [7, 11) is 0. The molecule has 106 valence electrons. The Hall–Kier alpha value is -2.08. The summed E-state index contributed by atoms with van der Waals surface area (Å²) in [6.07, 6.45) is 1.29. The van der Waals surface area contributed by atoms with Crippen molar-refractivity contribution >= 4 is 23.4 Å². The number of anilines is 1. The first-order valence-corrected chi connectivity index (χ1v) is 6.33. The topological polar surface area (TPSA) is 70.1 Å². The number of hydrogen-bond acceptors (Lipinski definition) is 4. The van der Waals surface area contributed by atoms with Crippen molar-refractivity contribution in [1.82, 2.24) is 9.78 Å². The van der Waals surface area contributed by atoms with Crippen molar-refractivity contribution in [2.24, 2.45) is 0 Å². The highest BCUT2D eigenvalue weighted by molar-refractivity contribution is 6.31. The van der Waals surface area contributed by atoms with E-state index in [0.717, 1.165) is 0 Å². The average Bonchev–Trinajstić information content (AvgIpc) is 2.76. The van der Waals surface area contributed by atoms with Gasteiger partial charge in [0.2, 0.25) is 0 Å². The first kappa shape index (κ1) is 14.3. The number of nitrogen functional groups attached to an aromatic ring is 1.